The SMILES string of the molecule is CCOCCOC(CN)C(C)C. The van der Waals surface area contributed by atoms with Crippen molar-refractivity contribution in [3.8, 4) is 0 Å². The van der Waals surface area contributed by atoms with Gasteiger partial charge in [0, 0.05) is 13.2 Å². The Kier molecular flexibility index (Phi) is 7.45. The fourth-order valence-electron chi connectivity index (χ4n) is 0.935. The van der Waals surface area contributed by atoms with E-state index in [0.29, 0.717) is 25.7 Å². The summed E-state index contributed by atoms with van der Waals surface area (Å²) >= 11 is 0. The Hall–Kier alpha value is -0.120. The van der Waals surface area contributed by atoms with Crippen molar-refractivity contribution < 1.29 is 9.47 Å². The molecule has 74 valence electrons. The third-order valence-corrected chi connectivity index (χ3v) is 1.74. The first-order valence-electron chi connectivity index (χ1n) is 4.61. The summed E-state index contributed by atoms with van der Waals surface area (Å²) in [5.74, 6) is 0.483. The maximum atomic E-state index is 5.52. The van der Waals surface area contributed by atoms with Crippen LogP contribution < -0.4 is 5.73 Å². The van der Waals surface area contributed by atoms with Crippen molar-refractivity contribution in [1.82, 2.24) is 0 Å². The van der Waals surface area contributed by atoms with Gasteiger partial charge in [0.1, 0.15) is 0 Å². The Morgan fingerprint density at radius 2 is 1.92 bits per heavy atom. The zero-order chi connectivity index (χ0) is 9.40. The molecule has 0 aliphatic carbocycles. The molecule has 0 aromatic rings. The van der Waals surface area contributed by atoms with Gasteiger partial charge in [-0.25, -0.2) is 0 Å². The lowest BCUT2D eigenvalue weighted by molar-refractivity contribution is -0.00812. The van der Waals surface area contributed by atoms with Crippen LogP contribution in [0, 0.1) is 5.92 Å². The van der Waals surface area contributed by atoms with Gasteiger partial charge in [0.25, 0.3) is 0 Å². The first kappa shape index (κ1) is 11.9. The monoisotopic (exact) mass is 175 g/mol. The fourth-order valence-corrected chi connectivity index (χ4v) is 0.935. The summed E-state index contributed by atoms with van der Waals surface area (Å²) in [5.41, 5.74) is 5.52. The van der Waals surface area contributed by atoms with Crippen molar-refractivity contribution >= 4 is 0 Å². The standard InChI is InChI=1S/C9H21NO2/c1-4-11-5-6-12-9(7-10)8(2)3/h8-9H,4-7,10H2,1-3H3. The molecule has 0 aromatic carbocycles. The topological polar surface area (TPSA) is 44.5 Å². The second-order valence-electron chi connectivity index (χ2n) is 3.09. The molecule has 0 radical (unpaired) electrons. The zero-order valence-corrected chi connectivity index (χ0v) is 8.38. The van der Waals surface area contributed by atoms with Gasteiger partial charge in [-0.15, -0.1) is 0 Å². The second-order valence-corrected chi connectivity index (χ2v) is 3.09. The molecule has 0 fully saturated rings. The van der Waals surface area contributed by atoms with E-state index < -0.39 is 0 Å². The van der Waals surface area contributed by atoms with Gasteiger partial charge < -0.3 is 15.2 Å². The molecule has 0 amide bonds. The molecule has 12 heavy (non-hydrogen) atoms. The van der Waals surface area contributed by atoms with Crippen molar-refractivity contribution in [2.45, 2.75) is 26.9 Å². The number of hydrogen-bond acceptors (Lipinski definition) is 3. The lowest BCUT2D eigenvalue weighted by atomic mass is 10.1. The number of rotatable bonds is 7. The molecule has 2 N–H and O–H groups in total. The minimum atomic E-state index is 0.172. The lowest BCUT2D eigenvalue weighted by Crippen LogP contribution is -2.30. The van der Waals surface area contributed by atoms with Crippen LogP contribution in [0.4, 0.5) is 0 Å². The quantitative estimate of drug-likeness (QED) is 0.588. The largest absolute Gasteiger partial charge is 0.379 e. The van der Waals surface area contributed by atoms with E-state index in [2.05, 4.69) is 13.8 Å². The number of nitrogens with two attached hydrogens (primary N) is 1. The van der Waals surface area contributed by atoms with Crippen LogP contribution in [0.15, 0.2) is 0 Å². The minimum absolute atomic E-state index is 0.172. The highest BCUT2D eigenvalue weighted by molar-refractivity contribution is 4.62. The third kappa shape index (κ3) is 5.52. The number of hydrogen-bond donors (Lipinski definition) is 1. The summed E-state index contributed by atoms with van der Waals surface area (Å²) in [5, 5.41) is 0. The molecular weight excluding hydrogens is 154 g/mol. The summed E-state index contributed by atoms with van der Waals surface area (Å²) in [7, 11) is 0. The lowest BCUT2D eigenvalue weighted by Gasteiger charge is -2.19. The van der Waals surface area contributed by atoms with E-state index in [4.69, 9.17) is 15.2 Å². The molecule has 3 nitrogen and oxygen atoms in total. The van der Waals surface area contributed by atoms with Crippen molar-refractivity contribution in [2.75, 3.05) is 26.4 Å². The van der Waals surface area contributed by atoms with E-state index in [1.54, 1.807) is 0 Å². The van der Waals surface area contributed by atoms with Gasteiger partial charge >= 0.3 is 0 Å². The highest BCUT2D eigenvalue weighted by Gasteiger charge is 2.10. The van der Waals surface area contributed by atoms with E-state index in [0.717, 1.165) is 6.61 Å². The van der Waals surface area contributed by atoms with Crippen molar-refractivity contribution in [1.29, 1.82) is 0 Å². The van der Waals surface area contributed by atoms with E-state index in [-0.39, 0.29) is 6.10 Å². The average Bonchev–Trinajstić information content (AvgIpc) is 2.04. The second kappa shape index (κ2) is 7.53. The molecule has 0 aromatic heterocycles. The van der Waals surface area contributed by atoms with Crippen molar-refractivity contribution in [2.24, 2.45) is 11.7 Å². The molecular formula is C9H21NO2. The Morgan fingerprint density at radius 1 is 1.25 bits per heavy atom. The fraction of sp³-hybridized carbons (Fsp3) is 1.00. The van der Waals surface area contributed by atoms with Crippen molar-refractivity contribution in [3.05, 3.63) is 0 Å². The molecule has 0 saturated carbocycles. The van der Waals surface area contributed by atoms with Crippen LogP contribution in [-0.2, 0) is 9.47 Å². The summed E-state index contributed by atoms with van der Waals surface area (Å²) in [6.07, 6.45) is 0.172. The summed E-state index contributed by atoms with van der Waals surface area (Å²) in [6, 6.07) is 0. The minimum Gasteiger partial charge on any atom is -0.379 e. The molecule has 1 atom stereocenters. The zero-order valence-electron chi connectivity index (χ0n) is 8.38. The smallest absolute Gasteiger partial charge is 0.0721 e. The van der Waals surface area contributed by atoms with Crippen LogP contribution in [0.3, 0.4) is 0 Å². The molecule has 0 aliphatic rings. The highest BCUT2D eigenvalue weighted by atomic mass is 16.5. The van der Waals surface area contributed by atoms with Gasteiger partial charge in [0.05, 0.1) is 19.3 Å². The van der Waals surface area contributed by atoms with Crippen LogP contribution >= 0.6 is 0 Å². The molecule has 0 heterocycles. The van der Waals surface area contributed by atoms with Crippen LogP contribution in [-0.4, -0.2) is 32.5 Å². The molecule has 0 spiro atoms. The maximum absolute atomic E-state index is 5.52. The van der Waals surface area contributed by atoms with Gasteiger partial charge in [-0.2, -0.15) is 0 Å². The molecule has 3 heteroatoms. The van der Waals surface area contributed by atoms with Crippen LogP contribution in [0.25, 0.3) is 0 Å². The highest BCUT2D eigenvalue weighted by Crippen LogP contribution is 2.04. The first-order valence-corrected chi connectivity index (χ1v) is 4.61. The van der Waals surface area contributed by atoms with E-state index in [1.165, 1.54) is 0 Å². The molecule has 1 unspecified atom stereocenters. The Morgan fingerprint density at radius 3 is 2.33 bits per heavy atom. The van der Waals surface area contributed by atoms with Gasteiger partial charge in [-0.3, -0.25) is 0 Å². The van der Waals surface area contributed by atoms with E-state index in [9.17, 15) is 0 Å². The van der Waals surface area contributed by atoms with Crippen LogP contribution in [0.1, 0.15) is 20.8 Å². The Bertz CT molecular complexity index is 96.5. The predicted molar refractivity (Wildman–Crippen MR) is 50.1 cm³/mol. The van der Waals surface area contributed by atoms with Gasteiger partial charge in [-0.05, 0) is 12.8 Å². The van der Waals surface area contributed by atoms with E-state index in [1.807, 2.05) is 6.92 Å². The third-order valence-electron chi connectivity index (χ3n) is 1.74. The number of ether oxygens (including phenoxy) is 2. The Labute approximate surface area is 75.2 Å². The van der Waals surface area contributed by atoms with Gasteiger partial charge in [0.15, 0.2) is 0 Å². The summed E-state index contributed by atoms with van der Waals surface area (Å²) in [4.78, 5) is 0. The molecule has 0 bridgehead atoms. The molecule has 0 saturated heterocycles. The molecule has 0 rings (SSSR count). The van der Waals surface area contributed by atoms with Crippen molar-refractivity contribution in [3.63, 3.8) is 0 Å². The first-order chi connectivity index (χ1) is 5.72. The summed E-state index contributed by atoms with van der Waals surface area (Å²) in [6.45, 7) is 8.84. The molecule has 0 aliphatic heterocycles. The van der Waals surface area contributed by atoms with Gasteiger partial charge in [-0.1, -0.05) is 13.8 Å². The van der Waals surface area contributed by atoms with Crippen LogP contribution in [0.5, 0.6) is 0 Å². The normalized spacial score (nSPS) is 13.8. The van der Waals surface area contributed by atoms with E-state index >= 15 is 0 Å². The summed E-state index contributed by atoms with van der Waals surface area (Å²) < 4.78 is 10.6. The van der Waals surface area contributed by atoms with Crippen LogP contribution in [0.2, 0.25) is 0 Å². The predicted octanol–water partition coefficient (Wildman–Crippen LogP) is 1.02. The Balaban J connectivity index is 3.32. The van der Waals surface area contributed by atoms with Gasteiger partial charge in [0.2, 0.25) is 0 Å². The maximum Gasteiger partial charge on any atom is 0.0721 e. The average molecular weight is 175 g/mol.